The summed E-state index contributed by atoms with van der Waals surface area (Å²) in [5.41, 5.74) is 0. The first-order chi connectivity index (χ1) is 3.79. The van der Waals surface area contributed by atoms with Crippen LogP contribution < -0.4 is 0 Å². The molecule has 0 unspecified atom stereocenters. The molecule has 0 atom stereocenters. The minimum atomic E-state index is 0.171. The molecule has 0 aromatic rings. The van der Waals surface area contributed by atoms with Crippen LogP contribution in [0.25, 0.3) is 0 Å². The molecule has 0 aromatic carbocycles. The Morgan fingerprint density at radius 3 is 2.50 bits per heavy atom. The lowest BCUT2D eigenvalue weighted by Gasteiger charge is -1.93. The molecule has 0 fully saturated rings. The van der Waals surface area contributed by atoms with Crippen molar-refractivity contribution in [1.29, 1.82) is 0 Å². The third-order valence-electron chi connectivity index (χ3n) is 0.636. The summed E-state index contributed by atoms with van der Waals surface area (Å²) >= 11 is 6.98. The lowest BCUT2D eigenvalue weighted by Crippen LogP contribution is -1.75. The Morgan fingerprint density at radius 2 is 2.12 bits per heavy atom. The Kier molecular flexibility index (Phi) is 2.92. The van der Waals surface area contributed by atoms with Crippen LogP contribution in [0.15, 0.2) is 20.7 Å². The average molecular weight is 350 g/mol. The van der Waals surface area contributed by atoms with E-state index in [1.807, 2.05) is 0 Å². The van der Waals surface area contributed by atoms with E-state index < -0.39 is 0 Å². The summed E-state index contributed by atoms with van der Waals surface area (Å²) in [5.74, 6) is 0. The third kappa shape index (κ3) is 2.11. The third-order valence-corrected chi connectivity index (χ3v) is 4.14. The van der Waals surface area contributed by atoms with E-state index in [1.54, 1.807) is 0 Å². The molecule has 0 saturated carbocycles. The maximum absolute atomic E-state index is 3.44. The Hall–Kier alpha value is 1.04. The number of hydrogen-bond donors (Lipinski definition) is 0. The van der Waals surface area contributed by atoms with Crippen molar-refractivity contribution in [2.45, 2.75) is 0 Å². The van der Waals surface area contributed by atoms with Gasteiger partial charge < -0.3 is 0 Å². The van der Waals surface area contributed by atoms with Crippen LogP contribution in [0.1, 0.15) is 0 Å². The van der Waals surface area contributed by atoms with Crippen molar-refractivity contribution in [2.75, 3.05) is 0 Å². The quantitative estimate of drug-likeness (QED) is 0.589. The topological polar surface area (TPSA) is 0 Å². The number of hydrogen-bond acceptors (Lipinski definition) is 0. The van der Waals surface area contributed by atoms with E-state index in [9.17, 15) is 0 Å². The summed E-state index contributed by atoms with van der Waals surface area (Å²) in [5, 5.41) is 0. The van der Waals surface area contributed by atoms with Crippen LogP contribution in [0, 0.1) is 0 Å². The van der Waals surface area contributed by atoms with Crippen LogP contribution in [-0.2, 0) is 0 Å². The molecular formula is C5H3Br2I. The molecule has 1 aliphatic rings. The molecule has 1 aliphatic heterocycles. The minimum absolute atomic E-state index is 0.171. The van der Waals surface area contributed by atoms with Gasteiger partial charge in [-0.05, 0) is 32.2 Å². The van der Waals surface area contributed by atoms with Crippen LogP contribution >= 0.6 is 52.6 Å². The van der Waals surface area contributed by atoms with E-state index in [1.165, 1.54) is 2.42 Å². The molecule has 0 aromatic heterocycles. The van der Waals surface area contributed by atoms with E-state index in [0.29, 0.717) is 0 Å². The Morgan fingerprint density at radius 1 is 1.38 bits per heavy atom. The van der Waals surface area contributed by atoms with Crippen molar-refractivity contribution < 1.29 is 0 Å². The molecule has 44 valence electrons. The molecule has 1 heterocycles. The van der Waals surface area contributed by atoms with Gasteiger partial charge in [-0.1, -0.05) is 36.7 Å². The standard InChI is InChI=1S/C5H3Br2I/c6-4-1-2-8-5(7)3-4/h1-3H. The van der Waals surface area contributed by atoms with Crippen molar-refractivity contribution in [2.24, 2.45) is 0 Å². The highest BCUT2D eigenvalue weighted by Gasteiger charge is 1.91. The van der Waals surface area contributed by atoms with Gasteiger partial charge in [0.05, 0.1) is 2.42 Å². The van der Waals surface area contributed by atoms with Crippen LogP contribution in [-0.4, -0.2) is 2.42 Å². The molecule has 0 nitrogen and oxygen atoms in total. The van der Waals surface area contributed by atoms with Crippen molar-refractivity contribution >= 4 is 55.0 Å². The average Bonchev–Trinajstić information content (AvgIpc) is 1.64. The molecule has 0 amide bonds. The molecule has 0 saturated heterocycles. The second kappa shape index (κ2) is 3.27. The van der Waals surface area contributed by atoms with Gasteiger partial charge in [0.15, 0.2) is 0 Å². The lowest BCUT2D eigenvalue weighted by molar-refractivity contribution is 2.03. The molecule has 0 radical (unpaired) electrons. The van der Waals surface area contributed by atoms with Gasteiger partial charge in [-0.25, -0.2) is 0 Å². The first-order valence-electron chi connectivity index (χ1n) is 1.98. The van der Waals surface area contributed by atoms with E-state index in [4.69, 9.17) is 0 Å². The molecule has 0 bridgehead atoms. The molecule has 1 rings (SSSR count). The minimum Gasteiger partial charge on any atom is -0.0778 e. The van der Waals surface area contributed by atoms with E-state index >= 15 is 0 Å². The predicted molar refractivity (Wildman–Crippen MR) is 54.1 cm³/mol. The van der Waals surface area contributed by atoms with Crippen LogP contribution in [0.4, 0.5) is 0 Å². The number of halogens is 3. The smallest absolute Gasteiger partial charge is 0.0517 e. The van der Waals surface area contributed by atoms with Crippen LogP contribution in [0.3, 0.4) is 0 Å². The Bertz CT molecular complexity index is 176. The maximum Gasteiger partial charge on any atom is 0.0517 e. The van der Waals surface area contributed by atoms with Crippen molar-refractivity contribution in [1.82, 2.24) is 0 Å². The first kappa shape index (κ1) is 7.15. The fourth-order valence-corrected chi connectivity index (χ4v) is 4.27. The summed E-state index contributed by atoms with van der Waals surface area (Å²) in [6.45, 7) is 0. The summed E-state index contributed by atoms with van der Waals surface area (Å²) < 4.78 is 4.72. The largest absolute Gasteiger partial charge is 0.0778 e. The van der Waals surface area contributed by atoms with E-state index in [0.717, 1.165) is 4.48 Å². The fourth-order valence-electron chi connectivity index (χ4n) is 0.336. The Balaban J connectivity index is 2.89. The maximum atomic E-state index is 3.44. The van der Waals surface area contributed by atoms with Gasteiger partial charge in [-0.3, -0.25) is 0 Å². The molecule has 3 heteroatoms. The number of allylic oxidation sites excluding steroid dienone is 3. The SMILES string of the molecule is BrC1=CC(Br)=IC=C1. The molecule has 0 aliphatic carbocycles. The monoisotopic (exact) mass is 348 g/mol. The van der Waals surface area contributed by atoms with Gasteiger partial charge in [0.1, 0.15) is 0 Å². The van der Waals surface area contributed by atoms with Gasteiger partial charge >= 0.3 is 0 Å². The zero-order chi connectivity index (χ0) is 5.98. The zero-order valence-corrected chi connectivity index (χ0v) is 9.20. The van der Waals surface area contributed by atoms with Gasteiger partial charge in [-0.2, -0.15) is 0 Å². The summed E-state index contributed by atoms with van der Waals surface area (Å²) in [7, 11) is 0. The highest BCUT2D eigenvalue weighted by Crippen LogP contribution is 2.21. The summed E-state index contributed by atoms with van der Waals surface area (Å²) in [6, 6.07) is 0. The highest BCUT2D eigenvalue weighted by atomic mass is 127. The van der Waals surface area contributed by atoms with Gasteiger partial charge in [0.25, 0.3) is 0 Å². The first-order valence-corrected chi connectivity index (χ1v) is 5.89. The fraction of sp³-hybridized carbons (Fsp3) is 0. The summed E-state index contributed by atoms with van der Waals surface area (Å²) in [6.07, 6.45) is 4.20. The molecule has 0 N–H and O–H groups in total. The van der Waals surface area contributed by atoms with Crippen molar-refractivity contribution in [3.8, 4) is 0 Å². The molecule has 0 spiro atoms. The van der Waals surface area contributed by atoms with E-state index in [-0.39, 0.29) is 20.7 Å². The van der Waals surface area contributed by atoms with Crippen LogP contribution in [0.5, 0.6) is 0 Å². The molecular weight excluding hydrogens is 347 g/mol. The lowest BCUT2D eigenvalue weighted by atomic mass is 10.5. The van der Waals surface area contributed by atoms with Crippen molar-refractivity contribution in [3.05, 3.63) is 20.7 Å². The number of rotatable bonds is 0. The van der Waals surface area contributed by atoms with Crippen LogP contribution in [0.2, 0.25) is 0 Å². The van der Waals surface area contributed by atoms with Gasteiger partial charge in [0.2, 0.25) is 0 Å². The normalized spacial score (nSPS) is 18.8. The summed E-state index contributed by atoms with van der Waals surface area (Å²) in [4.78, 5) is 0. The van der Waals surface area contributed by atoms with E-state index in [2.05, 4.69) is 48.1 Å². The second-order valence-electron chi connectivity index (χ2n) is 1.22. The van der Waals surface area contributed by atoms with Crippen molar-refractivity contribution in [3.63, 3.8) is 0 Å². The second-order valence-corrected chi connectivity index (χ2v) is 6.98. The molecule has 8 heavy (non-hydrogen) atoms. The van der Waals surface area contributed by atoms with Gasteiger partial charge in [0, 0.05) is 4.48 Å². The predicted octanol–water partition coefficient (Wildman–Crippen LogP) is 3.29. The Labute approximate surface area is 75.0 Å². The zero-order valence-electron chi connectivity index (χ0n) is 3.87. The van der Waals surface area contributed by atoms with Gasteiger partial charge in [-0.15, -0.1) is 0 Å². The highest BCUT2D eigenvalue weighted by molar-refractivity contribution is 14.2.